The maximum atomic E-state index is 8.92. The van der Waals surface area contributed by atoms with E-state index in [1.54, 1.807) is 24.2 Å². The van der Waals surface area contributed by atoms with Crippen molar-refractivity contribution in [2.24, 2.45) is 0 Å². The fourth-order valence-corrected chi connectivity index (χ4v) is 2.74. The minimum atomic E-state index is 0.479. The van der Waals surface area contributed by atoms with Gasteiger partial charge < -0.3 is 0 Å². The highest BCUT2D eigenvalue weighted by Gasteiger charge is 2.05. The summed E-state index contributed by atoms with van der Waals surface area (Å²) in [6.07, 6.45) is 3.38. The van der Waals surface area contributed by atoms with E-state index in [9.17, 15) is 0 Å². The van der Waals surface area contributed by atoms with E-state index in [1.165, 1.54) is 0 Å². The van der Waals surface area contributed by atoms with Gasteiger partial charge in [-0.3, -0.25) is 0 Å². The predicted octanol–water partition coefficient (Wildman–Crippen LogP) is 3.40. The summed E-state index contributed by atoms with van der Waals surface area (Å²) in [7, 11) is 0. The molecule has 0 saturated heterocycles. The molecule has 3 nitrogen and oxygen atoms in total. The third-order valence-corrected chi connectivity index (χ3v) is 4.04. The second kappa shape index (κ2) is 5.80. The molecule has 17 heavy (non-hydrogen) atoms. The Labute approximate surface area is 112 Å². The monoisotopic (exact) mass is 305 g/mol. The standard InChI is InChI=1S/C12H8BrN3S/c13-10-4-2-6-16-12(10)17-8-9-3-1-5-15-11(9)7-14/h1-6H,8H2. The van der Waals surface area contributed by atoms with Gasteiger partial charge >= 0.3 is 0 Å². The van der Waals surface area contributed by atoms with E-state index < -0.39 is 0 Å². The molecule has 2 heterocycles. The summed E-state index contributed by atoms with van der Waals surface area (Å²) in [4.78, 5) is 8.29. The lowest BCUT2D eigenvalue weighted by atomic mass is 10.2. The molecule has 0 unspecified atom stereocenters. The average molecular weight is 306 g/mol. The van der Waals surface area contributed by atoms with Crippen molar-refractivity contribution < 1.29 is 0 Å². The molecule has 0 bridgehead atoms. The van der Waals surface area contributed by atoms with Gasteiger partial charge in [0.2, 0.25) is 0 Å². The highest BCUT2D eigenvalue weighted by Crippen LogP contribution is 2.27. The first kappa shape index (κ1) is 12.1. The van der Waals surface area contributed by atoms with Crippen LogP contribution in [0, 0.1) is 11.3 Å². The fourth-order valence-electron chi connectivity index (χ4n) is 1.28. The Morgan fingerprint density at radius 2 is 2.00 bits per heavy atom. The van der Waals surface area contributed by atoms with Gasteiger partial charge in [-0.25, -0.2) is 9.97 Å². The molecule has 0 aliphatic carbocycles. The van der Waals surface area contributed by atoms with E-state index in [0.717, 1.165) is 15.1 Å². The van der Waals surface area contributed by atoms with Crippen molar-refractivity contribution >= 4 is 27.7 Å². The lowest BCUT2D eigenvalue weighted by Crippen LogP contribution is -1.91. The molecule has 0 amide bonds. The molecule has 2 aromatic rings. The Morgan fingerprint density at radius 1 is 1.24 bits per heavy atom. The number of thioether (sulfide) groups is 1. The second-order valence-electron chi connectivity index (χ2n) is 3.20. The number of aromatic nitrogens is 2. The normalized spacial score (nSPS) is 9.88. The molecule has 2 aromatic heterocycles. The molecule has 0 aromatic carbocycles. The highest BCUT2D eigenvalue weighted by molar-refractivity contribution is 9.10. The predicted molar refractivity (Wildman–Crippen MR) is 70.5 cm³/mol. The summed E-state index contributed by atoms with van der Waals surface area (Å²) in [5, 5.41) is 9.84. The van der Waals surface area contributed by atoms with Crippen LogP contribution in [0.5, 0.6) is 0 Å². The van der Waals surface area contributed by atoms with Crippen molar-refractivity contribution in [1.82, 2.24) is 9.97 Å². The number of nitriles is 1. The van der Waals surface area contributed by atoms with Crippen LogP contribution in [0.3, 0.4) is 0 Å². The molecule has 84 valence electrons. The lowest BCUT2D eigenvalue weighted by molar-refractivity contribution is 1.10. The van der Waals surface area contributed by atoms with Gasteiger partial charge in [0.05, 0.1) is 0 Å². The summed E-state index contributed by atoms with van der Waals surface area (Å²) in [5.41, 5.74) is 1.41. The second-order valence-corrected chi connectivity index (χ2v) is 5.02. The molecule has 0 aliphatic heterocycles. The maximum absolute atomic E-state index is 8.92. The maximum Gasteiger partial charge on any atom is 0.144 e. The number of halogens is 1. The Morgan fingerprint density at radius 3 is 2.76 bits per heavy atom. The molecule has 0 atom stereocenters. The van der Waals surface area contributed by atoms with Gasteiger partial charge in [0.25, 0.3) is 0 Å². The quantitative estimate of drug-likeness (QED) is 0.816. The third kappa shape index (κ3) is 3.05. The van der Waals surface area contributed by atoms with Gasteiger partial charge in [0.1, 0.15) is 16.8 Å². The molecule has 0 aliphatic rings. The summed E-state index contributed by atoms with van der Waals surface area (Å²) in [5.74, 6) is 0.687. The largest absolute Gasteiger partial charge is 0.249 e. The zero-order chi connectivity index (χ0) is 12.1. The van der Waals surface area contributed by atoms with Crippen molar-refractivity contribution in [3.05, 3.63) is 52.4 Å². The van der Waals surface area contributed by atoms with Gasteiger partial charge in [-0.1, -0.05) is 6.07 Å². The smallest absolute Gasteiger partial charge is 0.144 e. The summed E-state index contributed by atoms with van der Waals surface area (Å²) < 4.78 is 0.965. The van der Waals surface area contributed by atoms with Gasteiger partial charge in [0.15, 0.2) is 0 Å². The first-order chi connectivity index (χ1) is 8.31. The van der Waals surface area contributed by atoms with E-state index >= 15 is 0 Å². The van der Waals surface area contributed by atoms with E-state index in [4.69, 9.17) is 5.26 Å². The topological polar surface area (TPSA) is 49.6 Å². The van der Waals surface area contributed by atoms with Crippen LogP contribution in [-0.2, 0) is 5.75 Å². The van der Waals surface area contributed by atoms with Crippen LogP contribution in [0.4, 0.5) is 0 Å². The highest BCUT2D eigenvalue weighted by atomic mass is 79.9. The average Bonchev–Trinajstić information content (AvgIpc) is 2.38. The Kier molecular flexibility index (Phi) is 4.13. The van der Waals surface area contributed by atoms with E-state index in [1.807, 2.05) is 24.3 Å². The number of nitrogens with zero attached hydrogens (tertiary/aromatic N) is 3. The van der Waals surface area contributed by atoms with Crippen LogP contribution in [0.15, 0.2) is 46.2 Å². The van der Waals surface area contributed by atoms with Crippen LogP contribution in [-0.4, -0.2) is 9.97 Å². The van der Waals surface area contributed by atoms with Gasteiger partial charge in [-0.2, -0.15) is 5.26 Å². The van der Waals surface area contributed by atoms with E-state index in [0.29, 0.717) is 11.4 Å². The molecule has 2 rings (SSSR count). The van der Waals surface area contributed by atoms with Gasteiger partial charge in [-0.15, -0.1) is 11.8 Å². The molecule has 5 heteroatoms. The molecule has 0 fully saturated rings. The van der Waals surface area contributed by atoms with Crippen molar-refractivity contribution in [3.63, 3.8) is 0 Å². The summed E-state index contributed by atoms with van der Waals surface area (Å²) >= 11 is 5.02. The summed E-state index contributed by atoms with van der Waals surface area (Å²) in [6.45, 7) is 0. The van der Waals surface area contributed by atoms with Crippen LogP contribution >= 0.6 is 27.7 Å². The van der Waals surface area contributed by atoms with E-state index in [-0.39, 0.29) is 0 Å². The lowest BCUT2D eigenvalue weighted by Gasteiger charge is -2.03. The van der Waals surface area contributed by atoms with Crippen LogP contribution in [0.2, 0.25) is 0 Å². The summed E-state index contributed by atoms with van der Waals surface area (Å²) in [6, 6.07) is 9.66. The van der Waals surface area contributed by atoms with E-state index in [2.05, 4.69) is 32.0 Å². The number of hydrogen-bond acceptors (Lipinski definition) is 4. The van der Waals surface area contributed by atoms with Gasteiger partial charge in [-0.05, 0) is 39.7 Å². The van der Waals surface area contributed by atoms with Gasteiger partial charge in [0, 0.05) is 22.6 Å². The Hall–Kier alpha value is -1.38. The van der Waals surface area contributed by atoms with Crippen LogP contribution in [0.25, 0.3) is 0 Å². The molecule has 0 saturated carbocycles. The first-order valence-electron chi connectivity index (χ1n) is 4.88. The minimum absolute atomic E-state index is 0.479. The van der Waals surface area contributed by atoms with Crippen molar-refractivity contribution in [3.8, 4) is 6.07 Å². The zero-order valence-electron chi connectivity index (χ0n) is 8.80. The number of rotatable bonds is 3. The third-order valence-electron chi connectivity index (χ3n) is 2.09. The molecular weight excluding hydrogens is 298 g/mol. The Balaban J connectivity index is 2.13. The molecular formula is C12H8BrN3S. The number of hydrogen-bond donors (Lipinski definition) is 0. The SMILES string of the molecule is N#Cc1ncccc1CSc1ncccc1Br. The molecule has 0 radical (unpaired) electrons. The van der Waals surface area contributed by atoms with Crippen LogP contribution < -0.4 is 0 Å². The molecule has 0 N–H and O–H groups in total. The molecule has 0 spiro atoms. The Bertz CT molecular complexity index is 566. The first-order valence-corrected chi connectivity index (χ1v) is 6.66. The van der Waals surface area contributed by atoms with Crippen LogP contribution in [0.1, 0.15) is 11.3 Å². The zero-order valence-corrected chi connectivity index (χ0v) is 11.2. The van der Waals surface area contributed by atoms with Crippen molar-refractivity contribution in [2.45, 2.75) is 10.8 Å². The minimum Gasteiger partial charge on any atom is -0.249 e. The van der Waals surface area contributed by atoms with Crippen molar-refractivity contribution in [1.29, 1.82) is 5.26 Å². The van der Waals surface area contributed by atoms with Crippen molar-refractivity contribution in [2.75, 3.05) is 0 Å². The fraction of sp³-hybridized carbons (Fsp3) is 0.0833. The number of pyridine rings is 2.